The van der Waals surface area contributed by atoms with Crippen molar-refractivity contribution in [2.75, 3.05) is 20.2 Å². The fourth-order valence-electron chi connectivity index (χ4n) is 2.91. The molecule has 106 valence electrons. The molecule has 4 rings (SSSR count). The van der Waals surface area contributed by atoms with Crippen LogP contribution in [0.5, 0.6) is 17.2 Å². The fourth-order valence-corrected chi connectivity index (χ4v) is 2.91. The molecule has 2 N–H and O–H groups in total. The van der Waals surface area contributed by atoms with Crippen LogP contribution in [0.4, 0.5) is 0 Å². The summed E-state index contributed by atoms with van der Waals surface area (Å²) in [4.78, 5) is 14.3. The molecular weight excluding hydrogens is 258 g/mol. The molecule has 0 aromatic heterocycles. The standard InChI is InChI=1S/C15H17NO4/c1-20-10-6-13(17)11(14(18)7-10)8-12-15(19)9-2-4-16(12)5-3-9/h6-9,17-18H,2-5H2,1H3. The summed E-state index contributed by atoms with van der Waals surface area (Å²) in [6, 6.07) is 2.85. The molecule has 3 saturated heterocycles. The average Bonchev–Trinajstić information content (AvgIpc) is 2.45. The number of piperidine rings is 3. The molecule has 0 unspecified atom stereocenters. The number of carbonyl (C=O) groups is 1. The summed E-state index contributed by atoms with van der Waals surface area (Å²) in [6.45, 7) is 1.72. The highest BCUT2D eigenvalue weighted by Crippen LogP contribution is 2.37. The maximum atomic E-state index is 12.2. The van der Waals surface area contributed by atoms with Gasteiger partial charge in [0.1, 0.15) is 17.2 Å². The lowest BCUT2D eigenvalue weighted by atomic mass is 9.84. The van der Waals surface area contributed by atoms with Crippen molar-refractivity contribution in [3.05, 3.63) is 23.4 Å². The van der Waals surface area contributed by atoms with E-state index >= 15 is 0 Å². The third kappa shape index (κ3) is 1.99. The Morgan fingerprint density at radius 1 is 1.25 bits per heavy atom. The second-order valence-electron chi connectivity index (χ2n) is 5.23. The van der Waals surface area contributed by atoms with Gasteiger partial charge in [0, 0.05) is 31.1 Å². The van der Waals surface area contributed by atoms with E-state index in [9.17, 15) is 15.0 Å². The normalized spacial score (nSPS) is 20.8. The number of ketones is 1. The van der Waals surface area contributed by atoms with Crippen LogP contribution in [0.25, 0.3) is 6.08 Å². The van der Waals surface area contributed by atoms with Crippen LogP contribution in [0.3, 0.4) is 0 Å². The summed E-state index contributed by atoms with van der Waals surface area (Å²) in [7, 11) is 1.46. The number of ether oxygens (including phenoxy) is 1. The Hall–Kier alpha value is -2.17. The van der Waals surface area contributed by atoms with Gasteiger partial charge in [0.25, 0.3) is 0 Å². The van der Waals surface area contributed by atoms with Crippen molar-refractivity contribution in [2.45, 2.75) is 12.8 Å². The number of nitrogens with zero attached hydrogens (tertiary/aromatic N) is 1. The number of phenols is 2. The number of methoxy groups -OCH3 is 1. The van der Waals surface area contributed by atoms with E-state index in [0.29, 0.717) is 11.4 Å². The van der Waals surface area contributed by atoms with Crippen LogP contribution in [0.1, 0.15) is 18.4 Å². The van der Waals surface area contributed by atoms with E-state index < -0.39 is 0 Å². The van der Waals surface area contributed by atoms with Crippen LogP contribution >= 0.6 is 0 Å². The molecule has 2 bridgehead atoms. The molecule has 3 fully saturated rings. The molecule has 0 radical (unpaired) electrons. The largest absolute Gasteiger partial charge is 0.507 e. The number of rotatable bonds is 2. The summed E-state index contributed by atoms with van der Waals surface area (Å²) in [6.07, 6.45) is 3.38. The van der Waals surface area contributed by atoms with E-state index in [-0.39, 0.29) is 28.8 Å². The number of allylic oxidation sites excluding steroid dienone is 1. The zero-order valence-electron chi connectivity index (χ0n) is 11.3. The number of fused-ring (bicyclic) bond motifs is 3. The number of phenolic OH excluding ortho intramolecular Hbond substituents is 2. The van der Waals surface area contributed by atoms with Gasteiger partial charge in [-0.15, -0.1) is 0 Å². The zero-order chi connectivity index (χ0) is 14.3. The van der Waals surface area contributed by atoms with Crippen molar-refractivity contribution in [1.29, 1.82) is 0 Å². The molecule has 3 aliphatic rings. The highest BCUT2D eigenvalue weighted by molar-refractivity contribution is 6.02. The first-order valence-electron chi connectivity index (χ1n) is 6.71. The van der Waals surface area contributed by atoms with Crippen molar-refractivity contribution in [3.8, 4) is 17.2 Å². The van der Waals surface area contributed by atoms with Crippen molar-refractivity contribution in [3.63, 3.8) is 0 Å². The zero-order valence-corrected chi connectivity index (χ0v) is 11.3. The van der Waals surface area contributed by atoms with E-state index in [0.717, 1.165) is 25.9 Å². The summed E-state index contributed by atoms with van der Waals surface area (Å²) in [5, 5.41) is 20.0. The third-order valence-electron chi connectivity index (χ3n) is 4.09. The van der Waals surface area contributed by atoms with E-state index in [4.69, 9.17) is 4.74 Å². The lowest BCUT2D eigenvalue weighted by molar-refractivity contribution is -0.125. The predicted octanol–water partition coefficient (Wildman–Crippen LogP) is 1.74. The van der Waals surface area contributed by atoms with Crippen molar-refractivity contribution < 1.29 is 19.7 Å². The number of carbonyl (C=O) groups excluding carboxylic acids is 1. The smallest absolute Gasteiger partial charge is 0.182 e. The maximum absolute atomic E-state index is 12.2. The molecule has 5 heteroatoms. The predicted molar refractivity (Wildman–Crippen MR) is 73.6 cm³/mol. The molecule has 0 amide bonds. The molecule has 0 saturated carbocycles. The van der Waals surface area contributed by atoms with Crippen molar-refractivity contribution in [2.24, 2.45) is 5.92 Å². The lowest BCUT2D eigenvalue weighted by Crippen LogP contribution is -2.45. The Kier molecular flexibility index (Phi) is 3.04. The van der Waals surface area contributed by atoms with E-state index in [2.05, 4.69) is 0 Å². The van der Waals surface area contributed by atoms with Gasteiger partial charge in [-0.05, 0) is 18.9 Å². The highest BCUT2D eigenvalue weighted by atomic mass is 16.5. The highest BCUT2D eigenvalue weighted by Gasteiger charge is 2.36. The van der Waals surface area contributed by atoms with Gasteiger partial charge in [0.2, 0.25) is 0 Å². The monoisotopic (exact) mass is 275 g/mol. The van der Waals surface area contributed by atoms with Gasteiger partial charge in [-0.3, -0.25) is 4.79 Å². The summed E-state index contributed by atoms with van der Waals surface area (Å²) < 4.78 is 4.97. The van der Waals surface area contributed by atoms with E-state index in [1.165, 1.54) is 19.2 Å². The summed E-state index contributed by atoms with van der Waals surface area (Å²) in [5.41, 5.74) is 0.852. The maximum Gasteiger partial charge on any atom is 0.182 e. The molecule has 0 spiro atoms. The van der Waals surface area contributed by atoms with E-state index in [1.807, 2.05) is 4.90 Å². The number of benzene rings is 1. The minimum Gasteiger partial charge on any atom is -0.507 e. The molecular formula is C15H17NO4. The van der Waals surface area contributed by atoms with Crippen LogP contribution in [0.2, 0.25) is 0 Å². The Balaban J connectivity index is 2.02. The Morgan fingerprint density at radius 3 is 2.35 bits per heavy atom. The second kappa shape index (κ2) is 4.74. The van der Waals surface area contributed by atoms with Gasteiger partial charge < -0.3 is 19.8 Å². The van der Waals surface area contributed by atoms with Gasteiger partial charge in [-0.1, -0.05) is 0 Å². The lowest BCUT2D eigenvalue weighted by Gasteiger charge is -2.41. The summed E-state index contributed by atoms with van der Waals surface area (Å²) >= 11 is 0. The van der Waals surface area contributed by atoms with Crippen LogP contribution in [0, 0.1) is 5.92 Å². The van der Waals surface area contributed by atoms with Gasteiger partial charge in [-0.2, -0.15) is 0 Å². The molecule has 0 atom stereocenters. The Labute approximate surface area is 117 Å². The number of hydrogen-bond donors (Lipinski definition) is 2. The summed E-state index contributed by atoms with van der Waals surface area (Å²) in [5.74, 6) is 0.388. The molecule has 3 heterocycles. The SMILES string of the molecule is COc1cc(O)c(C=C2C(=O)C3CCN2CC3)c(O)c1. The van der Waals surface area contributed by atoms with Gasteiger partial charge in [0.15, 0.2) is 5.78 Å². The minimum atomic E-state index is -0.0928. The molecule has 1 aromatic carbocycles. The third-order valence-corrected chi connectivity index (χ3v) is 4.09. The van der Waals surface area contributed by atoms with Crippen molar-refractivity contribution >= 4 is 11.9 Å². The van der Waals surface area contributed by atoms with Crippen LogP contribution in [0.15, 0.2) is 17.8 Å². The minimum absolute atomic E-state index is 0.0915. The van der Waals surface area contributed by atoms with Crippen LogP contribution < -0.4 is 4.74 Å². The average molecular weight is 275 g/mol. The topological polar surface area (TPSA) is 70.0 Å². The Morgan fingerprint density at radius 2 is 1.85 bits per heavy atom. The van der Waals surface area contributed by atoms with Crippen LogP contribution in [-0.2, 0) is 4.79 Å². The Bertz CT molecular complexity index is 563. The first-order valence-corrected chi connectivity index (χ1v) is 6.71. The fraction of sp³-hybridized carbons (Fsp3) is 0.400. The number of hydrogen-bond acceptors (Lipinski definition) is 5. The molecule has 1 aromatic rings. The quantitative estimate of drug-likeness (QED) is 0.805. The first-order chi connectivity index (χ1) is 9.60. The van der Waals surface area contributed by atoms with Gasteiger partial charge in [-0.25, -0.2) is 0 Å². The molecule has 5 nitrogen and oxygen atoms in total. The molecule has 3 aliphatic heterocycles. The van der Waals surface area contributed by atoms with Crippen LogP contribution in [-0.4, -0.2) is 41.1 Å². The number of Topliss-reactive ketones (excluding diaryl/α,β-unsaturated/α-hetero) is 1. The molecule has 0 aliphatic carbocycles. The van der Waals surface area contributed by atoms with Crippen molar-refractivity contribution in [1.82, 2.24) is 4.90 Å². The van der Waals surface area contributed by atoms with Gasteiger partial charge >= 0.3 is 0 Å². The molecule has 20 heavy (non-hydrogen) atoms. The van der Waals surface area contributed by atoms with E-state index in [1.54, 1.807) is 6.08 Å². The number of aromatic hydroxyl groups is 2. The van der Waals surface area contributed by atoms with Gasteiger partial charge in [0.05, 0.1) is 18.4 Å². The second-order valence-corrected chi connectivity index (χ2v) is 5.23. The first kappa shape index (κ1) is 12.8.